The molecular formula is C26H20ClN5S. The van der Waals surface area contributed by atoms with E-state index < -0.39 is 0 Å². The average molecular weight is 470 g/mol. The van der Waals surface area contributed by atoms with Gasteiger partial charge in [-0.3, -0.25) is 9.71 Å². The lowest BCUT2D eigenvalue weighted by atomic mass is 9.97. The maximum Gasteiger partial charge on any atom is 0.199 e. The van der Waals surface area contributed by atoms with Crippen LogP contribution in [0.25, 0.3) is 22.4 Å². The van der Waals surface area contributed by atoms with Crippen LogP contribution in [0.1, 0.15) is 11.1 Å². The lowest BCUT2D eigenvalue weighted by Crippen LogP contribution is -2.25. The Bertz CT molecular complexity index is 1300. The standard InChI is InChI=1S/C26H20ClN5S/c27-22-12-10-20(11-13-22)24-14-19(16-30-25(24)21-8-6-18(15-28)7-9-21)17-31-26(29)32-33-23-4-2-1-3-5-23/h1-14,16H,17H2,(H3,29,31,32). The quantitative estimate of drug-likeness (QED) is 0.204. The first-order valence-electron chi connectivity index (χ1n) is 10.2. The molecule has 4 aromatic rings. The molecular weight excluding hydrogens is 450 g/mol. The first-order chi connectivity index (χ1) is 16.1. The molecule has 7 heteroatoms. The van der Waals surface area contributed by atoms with Gasteiger partial charge in [-0.15, -0.1) is 0 Å². The van der Waals surface area contributed by atoms with Crippen LogP contribution in [0.15, 0.2) is 101 Å². The van der Waals surface area contributed by atoms with Crippen molar-refractivity contribution in [2.45, 2.75) is 11.4 Å². The number of pyridine rings is 1. The van der Waals surface area contributed by atoms with E-state index in [1.165, 1.54) is 11.9 Å². The third-order valence-corrected chi connectivity index (χ3v) is 5.91. The van der Waals surface area contributed by atoms with E-state index in [0.717, 1.165) is 32.8 Å². The Morgan fingerprint density at radius 1 is 1.00 bits per heavy atom. The Hall–Kier alpha value is -3.79. The number of nitrogens with two attached hydrogens (primary N) is 1. The van der Waals surface area contributed by atoms with Gasteiger partial charge in [-0.05, 0) is 65.5 Å². The molecule has 0 saturated carbocycles. The van der Waals surface area contributed by atoms with Gasteiger partial charge < -0.3 is 5.73 Å². The zero-order chi connectivity index (χ0) is 23.0. The van der Waals surface area contributed by atoms with Gasteiger partial charge in [-0.25, -0.2) is 4.99 Å². The molecule has 33 heavy (non-hydrogen) atoms. The average Bonchev–Trinajstić information content (AvgIpc) is 2.87. The number of hydrogen-bond donors (Lipinski definition) is 2. The van der Waals surface area contributed by atoms with E-state index in [9.17, 15) is 0 Å². The molecule has 0 aliphatic carbocycles. The molecule has 1 aromatic heterocycles. The molecule has 0 radical (unpaired) electrons. The van der Waals surface area contributed by atoms with E-state index in [1.807, 2.05) is 66.7 Å². The highest BCUT2D eigenvalue weighted by Gasteiger charge is 2.11. The molecule has 0 fully saturated rings. The minimum Gasteiger partial charge on any atom is -0.369 e. The molecule has 0 aliphatic rings. The van der Waals surface area contributed by atoms with Crippen molar-refractivity contribution in [3.8, 4) is 28.5 Å². The maximum absolute atomic E-state index is 9.09. The number of aromatic nitrogens is 1. The molecule has 0 amide bonds. The van der Waals surface area contributed by atoms with Gasteiger partial charge in [-0.1, -0.05) is 54.1 Å². The second kappa shape index (κ2) is 10.7. The molecule has 0 aliphatic heterocycles. The van der Waals surface area contributed by atoms with Crippen LogP contribution < -0.4 is 10.5 Å². The Morgan fingerprint density at radius 2 is 1.70 bits per heavy atom. The highest BCUT2D eigenvalue weighted by molar-refractivity contribution is 7.98. The van der Waals surface area contributed by atoms with Crippen molar-refractivity contribution in [2.24, 2.45) is 10.7 Å². The van der Waals surface area contributed by atoms with E-state index in [0.29, 0.717) is 23.1 Å². The van der Waals surface area contributed by atoms with Gasteiger partial charge in [-0.2, -0.15) is 5.26 Å². The van der Waals surface area contributed by atoms with Crippen molar-refractivity contribution in [3.05, 3.63) is 107 Å². The molecule has 162 valence electrons. The summed E-state index contributed by atoms with van der Waals surface area (Å²) in [6.07, 6.45) is 1.80. The molecule has 0 atom stereocenters. The molecule has 3 aromatic carbocycles. The van der Waals surface area contributed by atoms with Gasteiger partial charge in [0.1, 0.15) is 0 Å². The van der Waals surface area contributed by atoms with Gasteiger partial charge in [0, 0.05) is 27.2 Å². The number of nitrogens with one attached hydrogen (secondary N) is 1. The summed E-state index contributed by atoms with van der Waals surface area (Å²) >= 11 is 7.50. The van der Waals surface area contributed by atoms with Crippen LogP contribution in [0, 0.1) is 11.3 Å². The summed E-state index contributed by atoms with van der Waals surface area (Å²) in [6, 6.07) is 29.1. The summed E-state index contributed by atoms with van der Waals surface area (Å²) in [4.78, 5) is 10.2. The molecule has 0 spiro atoms. The monoisotopic (exact) mass is 469 g/mol. The Labute approximate surface area is 202 Å². The number of nitrogens with zero attached hydrogens (tertiary/aromatic N) is 3. The first-order valence-corrected chi connectivity index (χ1v) is 11.3. The minimum absolute atomic E-state index is 0.341. The minimum atomic E-state index is 0.341. The highest BCUT2D eigenvalue weighted by atomic mass is 35.5. The van der Waals surface area contributed by atoms with Crippen LogP contribution in [-0.4, -0.2) is 10.9 Å². The zero-order valence-corrected chi connectivity index (χ0v) is 19.1. The number of halogens is 1. The lowest BCUT2D eigenvalue weighted by molar-refractivity contribution is 1.03. The molecule has 0 bridgehead atoms. The van der Waals surface area contributed by atoms with Gasteiger partial charge in [0.25, 0.3) is 0 Å². The number of hydrogen-bond acceptors (Lipinski definition) is 4. The summed E-state index contributed by atoms with van der Waals surface area (Å²) in [6.45, 7) is 0.384. The molecule has 5 nitrogen and oxygen atoms in total. The number of nitriles is 1. The smallest absolute Gasteiger partial charge is 0.199 e. The van der Waals surface area contributed by atoms with Crippen LogP contribution in [0.2, 0.25) is 5.02 Å². The van der Waals surface area contributed by atoms with Crippen molar-refractivity contribution in [1.29, 1.82) is 5.26 Å². The van der Waals surface area contributed by atoms with Gasteiger partial charge in [0.15, 0.2) is 5.96 Å². The topological polar surface area (TPSA) is 87.1 Å². The zero-order valence-electron chi connectivity index (χ0n) is 17.6. The lowest BCUT2D eigenvalue weighted by Gasteiger charge is -2.12. The summed E-state index contributed by atoms with van der Waals surface area (Å²) in [7, 11) is 0. The van der Waals surface area contributed by atoms with Crippen LogP contribution in [0.5, 0.6) is 0 Å². The van der Waals surface area contributed by atoms with Crippen LogP contribution in [0.3, 0.4) is 0 Å². The van der Waals surface area contributed by atoms with Crippen LogP contribution in [-0.2, 0) is 6.54 Å². The van der Waals surface area contributed by atoms with Crippen molar-refractivity contribution < 1.29 is 0 Å². The van der Waals surface area contributed by atoms with E-state index in [1.54, 1.807) is 18.3 Å². The van der Waals surface area contributed by atoms with Gasteiger partial charge >= 0.3 is 0 Å². The molecule has 4 rings (SSSR count). The van der Waals surface area contributed by atoms with Gasteiger partial charge in [0.2, 0.25) is 0 Å². The highest BCUT2D eigenvalue weighted by Crippen LogP contribution is 2.32. The number of guanidine groups is 1. The van der Waals surface area contributed by atoms with Crippen LogP contribution >= 0.6 is 23.5 Å². The fourth-order valence-corrected chi connectivity index (χ4v) is 3.89. The summed E-state index contributed by atoms with van der Waals surface area (Å²) < 4.78 is 3.05. The number of rotatable bonds is 6. The Kier molecular flexibility index (Phi) is 7.26. The predicted octanol–water partition coefficient (Wildman–Crippen LogP) is 6.05. The van der Waals surface area contributed by atoms with Crippen molar-refractivity contribution in [2.75, 3.05) is 0 Å². The maximum atomic E-state index is 9.09. The third kappa shape index (κ3) is 5.92. The fraction of sp³-hybridized carbons (Fsp3) is 0.0385. The summed E-state index contributed by atoms with van der Waals surface area (Å²) in [5.41, 5.74) is 11.3. The predicted molar refractivity (Wildman–Crippen MR) is 136 cm³/mol. The second-order valence-electron chi connectivity index (χ2n) is 7.15. The number of aliphatic imine (C=N–C) groups is 1. The summed E-state index contributed by atoms with van der Waals surface area (Å²) in [5, 5.41) is 9.76. The van der Waals surface area contributed by atoms with Crippen molar-refractivity contribution in [3.63, 3.8) is 0 Å². The fourth-order valence-electron chi connectivity index (χ4n) is 3.19. The SMILES string of the molecule is N#Cc1ccc(-c2ncc(CN=C(N)NSc3ccccc3)cc2-c2ccc(Cl)cc2)cc1. The first kappa shape index (κ1) is 22.4. The normalized spacial score (nSPS) is 11.1. The molecule has 3 N–H and O–H groups in total. The Balaban J connectivity index is 1.59. The van der Waals surface area contributed by atoms with Crippen molar-refractivity contribution >= 4 is 29.5 Å². The van der Waals surface area contributed by atoms with Crippen molar-refractivity contribution in [1.82, 2.24) is 9.71 Å². The third-order valence-electron chi connectivity index (χ3n) is 4.84. The van der Waals surface area contributed by atoms with Gasteiger partial charge in [0.05, 0.1) is 23.9 Å². The molecule has 0 unspecified atom stereocenters. The number of benzene rings is 3. The van der Waals surface area contributed by atoms with E-state index >= 15 is 0 Å². The molecule has 1 heterocycles. The Morgan fingerprint density at radius 3 is 2.39 bits per heavy atom. The molecule has 0 saturated heterocycles. The second-order valence-corrected chi connectivity index (χ2v) is 8.47. The largest absolute Gasteiger partial charge is 0.369 e. The van der Waals surface area contributed by atoms with E-state index in [4.69, 9.17) is 27.6 Å². The van der Waals surface area contributed by atoms with Crippen LogP contribution in [0.4, 0.5) is 0 Å². The summed E-state index contributed by atoms with van der Waals surface area (Å²) in [5.74, 6) is 0.341. The van der Waals surface area contributed by atoms with E-state index in [-0.39, 0.29) is 0 Å². The van der Waals surface area contributed by atoms with E-state index in [2.05, 4.69) is 21.9 Å².